The van der Waals surface area contributed by atoms with Gasteiger partial charge in [0.2, 0.25) is 0 Å². The van der Waals surface area contributed by atoms with Crippen molar-refractivity contribution in [2.75, 3.05) is 0 Å². The molecule has 2 rings (SSSR count). The smallest absolute Gasteiger partial charge is 0.126 e. The van der Waals surface area contributed by atoms with E-state index in [1.807, 2.05) is 0 Å². The zero-order valence-electron chi connectivity index (χ0n) is 8.43. The van der Waals surface area contributed by atoms with Gasteiger partial charge < -0.3 is 0 Å². The maximum absolute atomic E-state index is 13.3. The minimum Gasteiger partial charge on any atom is -0.207 e. The van der Waals surface area contributed by atoms with E-state index in [0.717, 1.165) is 6.42 Å². The van der Waals surface area contributed by atoms with E-state index in [9.17, 15) is 8.78 Å². The number of benzene rings is 1. The van der Waals surface area contributed by atoms with E-state index in [-0.39, 0.29) is 17.6 Å². The normalized spacial score (nSPS) is 25.5. The Morgan fingerprint density at radius 2 is 2.00 bits per heavy atom. The highest BCUT2D eigenvalue weighted by atomic mass is 19.1. The van der Waals surface area contributed by atoms with E-state index >= 15 is 0 Å². The van der Waals surface area contributed by atoms with Crippen molar-refractivity contribution in [3.63, 3.8) is 0 Å². The third kappa shape index (κ3) is 1.66. The minimum absolute atomic E-state index is 0.241. The second-order valence-corrected chi connectivity index (χ2v) is 4.42. The molecule has 0 aromatic heterocycles. The quantitative estimate of drug-likeness (QED) is 0.676. The van der Waals surface area contributed by atoms with Gasteiger partial charge in [-0.25, -0.2) is 8.78 Å². The molecule has 76 valence electrons. The molecule has 0 nitrogen and oxygen atoms in total. The molecule has 0 heterocycles. The lowest BCUT2D eigenvalue weighted by atomic mass is 10.0. The summed E-state index contributed by atoms with van der Waals surface area (Å²) in [5, 5.41) is 0. The first-order valence-corrected chi connectivity index (χ1v) is 5.04. The number of rotatable bonds is 2. The van der Waals surface area contributed by atoms with Gasteiger partial charge >= 0.3 is 0 Å². The molecule has 0 saturated heterocycles. The van der Waals surface area contributed by atoms with Crippen LogP contribution in [0.1, 0.15) is 31.7 Å². The van der Waals surface area contributed by atoms with Gasteiger partial charge in [-0.3, -0.25) is 0 Å². The Hall–Kier alpha value is -0.920. The largest absolute Gasteiger partial charge is 0.207 e. The molecule has 1 aliphatic carbocycles. The molecule has 0 radical (unpaired) electrons. The third-order valence-corrected chi connectivity index (χ3v) is 3.05. The Labute approximate surface area is 82.9 Å². The van der Waals surface area contributed by atoms with Crippen molar-refractivity contribution in [3.05, 3.63) is 35.4 Å². The van der Waals surface area contributed by atoms with Crippen LogP contribution in [0.4, 0.5) is 8.78 Å². The fraction of sp³-hybridized carbons (Fsp3) is 0.500. The SMILES string of the molecule is CC(C)[C@H]1C[C@@H]1c1cc(F)ccc1F. The highest BCUT2D eigenvalue weighted by molar-refractivity contribution is 5.28. The van der Waals surface area contributed by atoms with Gasteiger partial charge in [0.15, 0.2) is 0 Å². The Morgan fingerprint density at radius 3 is 2.57 bits per heavy atom. The molecule has 0 bridgehead atoms. The number of hydrogen-bond acceptors (Lipinski definition) is 0. The van der Waals surface area contributed by atoms with Crippen LogP contribution in [0.3, 0.4) is 0 Å². The molecule has 1 fully saturated rings. The average molecular weight is 196 g/mol. The van der Waals surface area contributed by atoms with E-state index in [4.69, 9.17) is 0 Å². The summed E-state index contributed by atoms with van der Waals surface area (Å²) in [5.41, 5.74) is 0.559. The molecule has 0 N–H and O–H groups in total. The second kappa shape index (κ2) is 3.34. The molecule has 2 atom stereocenters. The summed E-state index contributed by atoms with van der Waals surface area (Å²) in [5.74, 6) is 0.732. The van der Waals surface area contributed by atoms with E-state index in [1.165, 1.54) is 18.2 Å². The molecule has 1 aromatic rings. The van der Waals surface area contributed by atoms with Crippen molar-refractivity contribution >= 4 is 0 Å². The lowest BCUT2D eigenvalue weighted by molar-refractivity contribution is 0.534. The van der Waals surface area contributed by atoms with Crippen molar-refractivity contribution in [2.24, 2.45) is 11.8 Å². The van der Waals surface area contributed by atoms with Gasteiger partial charge in [-0.1, -0.05) is 13.8 Å². The van der Waals surface area contributed by atoms with Crippen LogP contribution in [0.25, 0.3) is 0 Å². The Morgan fingerprint density at radius 1 is 1.29 bits per heavy atom. The summed E-state index contributed by atoms with van der Waals surface area (Å²) in [6.45, 7) is 4.25. The fourth-order valence-electron chi connectivity index (χ4n) is 2.11. The van der Waals surface area contributed by atoms with Crippen LogP contribution >= 0.6 is 0 Å². The molecule has 14 heavy (non-hydrogen) atoms. The van der Waals surface area contributed by atoms with Gasteiger partial charge in [0.1, 0.15) is 11.6 Å². The third-order valence-electron chi connectivity index (χ3n) is 3.05. The molecule has 2 heteroatoms. The molecule has 1 aliphatic rings. The second-order valence-electron chi connectivity index (χ2n) is 4.42. The lowest BCUT2D eigenvalue weighted by Crippen LogP contribution is -1.95. The molecule has 0 unspecified atom stereocenters. The van der Waals surface area contributed by atoms with Gasteiger partial charge in [0, 0.05) is 0 Å². The average Bonchev–Trinajstić information content (AvgIpc) is 2.88. The van der Waals surface area contributed by atoms with E-state index < -0.39 is 0 Å². The van der Waals surface area contributed by atoms with Gasteiger partial charge in [-0.05, 0) is 47.9 Å². The first-order chi connectivity index (χ1) is 6.59. The van der Waals surface area contributed by atoms with E-state index in [2.05, 4.69) is 13.8 Å². The molecule has 0 spiro atoms. The highest BCUT2D eigenvalue weighted by Crippen LogP contribution is 2.52. The van der Waals surface area contributed by atoms with Crippen LogP contribution in [0.15, 0.2) is 18.2 Å². The first-order valence-electron chi connectivity index (χ1n) is 5.04. The number of halogens is 2. The summed E-state index contributed by atoms with van der Waals surface area (Å²) in [6, 6.07) is 3.73. The molecule has 0 amide bonds. The highest BCUT2D eigenvalue weighted by Gasteiger charge is 2.41. The van der Waals surface area contributed by atoms with Crippen molar-refractivity contribution in [3.8, 4) is 0 Å². The Kier molecular flexibility index (Phi) is 2.30. The van der Waals surface area contributed by atoms with Crippen LogP contribution < -0.4 is 0 Å². The monoisotopic (exact) mass is 196 g/mol. The van der Waals surface area contributed by atoms with Gasteiger partial charge in [0.25, 0.3) is 0 Å². The zero-order valence-corrected chi connectivity index (χ0v) is 8.43. The minimum atomic E-state index is -0.337. The maximum Gasteiger partial charge on any atom is 0.126 e. The lowest BCUT2D eigenvalue weighted by Gasteiger charge is -2.04. The topological polar surface area (TPSA) is 0 Å². The van der Waals surface area contributed by atoms with Crippen molar-refractivity contribution in [2.45, 2.75) is 26.2 Å². The van der Waals surface area contributed by atoms with Crippen LogP contribution in [0.5, 0.6) is 0 Å². The molecule has 1 saturated carbocycles. The van der Waals surface area contributed by atoms with E-state index in [0.29, 0.717) is 17.4 Å². The standard InChI is InChI=1S/C12H14F2/c1-7(2)9-6-10(9)11-5-8(13)3-4-12(11)14/h3-5,7,9-10H,6H2,1-2H3/t9-,10+/m1/s1. The molecular weight excluding hydrogens is 182 g/mol. The van der Waals surface area contributed by atoms with Crippen LogP contribution in [-0.2, 0) is 0 Å². The predicted molar refractivity (Wildman–Crippen MR) is 52.0 cm³/mol. The van der Waals surface area contributed by atoms with Crippen molar-refractivity contribution in [1.29, 1.82) is 0 Å². The van der Waals surface area contributed by atoms with Crippen LogP contribution in [0, 0.1) is 23.5 Å². The molecule has 1 aromatic carbocycles. The summed E-state index contributed by atoms with van der Waals surface area (Å²) >= 11 is 0. The number of hydrogen-bond donors (Lipinski definition) is 0. The maximum atomic E-state index is 13.3. The summed E-state index contributed by atoms with van der Waals surface area (Å²) in [6.07, 6.45) is 0.998. The Bertz CT molecular complexity index is 344. The van der Waals surface area contributed by atoms with Gasteiger partial charge in [-0.15, -0.1) is 0 Å². The van der Waals surface area contributed by atoms with Crippen LogP contribution in [0.2, 0.25) is 0 Å². The predicted octanol–water partition coefficient (Wildman–Crippen LogP) is 3.72. The summed E-state index contributed by atoms with van der Waals surface area (Å²) in [7, 11) is 0. The summed E-state index contributed by atoms with van der Waals surface area (Å²) < 4.78 is 26.2. The summed E-state index contributed by atoms with van der Waals surface area (Å²) in [4.78, 5) is 0. The first kappa shape index (κ1) is 9.63. The van der Waals surface area contributed by atoms with Crippen LogP contribution in [-0.4, -0.2) is 0 Å². The van der Waals surface area contributed by atoms with Crippen molar-refractivity contribution < 1.29 is 8.78 Å². The molecule has 0 aliphatic heterocycles. The van der Waals surface area contributed by atoms with Crippen molar-refractivity contribution in [1.82, 2.24) is 0 Å². The molecular formula is C12H14F2. The fourth-order valence-corrected chi connectivity index (χ4v) is 2.11. The van der Waals surface area contributed by atoms with Gasteiger partial charge in [-0.2, -0.15) is 0 Å². The zero-order chi connectivity index (χ0) is 10.3. The van der Waals surface area contributed by atoms with Gasteiger partial charge in [0.05, 0.1) is 0 Å². The van der Waals surface area contributed by atoms with E-state index in [1.54, 1.807) is 0 Å². The Balaban J connectivity index is 2.22.